The van der Waals surface area contributed by atoms with Gasteiger partial charge in [0.1, 0.15) is 5.82 Å². The van der Waals surface area contributed by atoms with Crippen LogP contribution in [0.1, 0.15) is 54.0 Å². The fraction of sp³-hybridized carbons (Fsp3) is 0.417. The van der Waals surface area contributed by atoms with Crippen molar-refractivity contribution in [2.24, 2.45) is 0 Å². The van der Waals surface area contributed by atoms with E-state index in [0.717, 1.165) is 13.0 Å². The maximum absolute atomic E-state index is 12.6. The van der Waals surface area contributed by atoms with Crippen molar-refractivity contribution < 1.29 is 4.39 Å². The molecule has 2 aromatic carbocycles. The second-order valence-corrected chi connectivity index (χ2v) is 8.15. The molecule has 0 atom stereocenters. The maximum atomic E-state index is 12.6. The van der Waals surface area contributed by atoms with E-state index < -0.39 is 0 Å². The summed E-state index contributed by atoms with van der Waals surface area (Å²) in [4.78, 5) is 5.92. The summed E-state index contributed by atoms with van der Waals surface area (Å²) < 4.78 is 12.6. The van der Waals surface area contributed by atoms with E-state index in [1.165, 1.54) is 65.5 Å². The first-order valence-corrected chi connectivity index (χ1v) is 10.1. The highest BCUT2D eigenvalue weighted by atomic mass is 19.1. The molecule has 0 spiro atoms. The molecule has 0 radical (unpaired) electrons. The van der Waals surface area contributed by atoms with Gasteiger partial charge in [-0.25, -0.2) is 4.39 Å². The molecule has 1 aliphatic heterocycles. The summed E-state index contributed by atoms with van der Waals surface area (Å²) in [5.74, 6) is 0.572. The van der Waals surface area contributed by atoms with Crippen molar-refractivity contribution >= 4 is 10.9 Å². The number of hydrogen-bond donors (Lipinski definition) is 1. The number of fused-ring (bicyclic) bond motifs is 3. The van der Waals surface area contributed by atoms with Crippen LogP contribution < -0.4 is 0 Å². The third-order valence-corrected chi connectivity index (χ3v) is 6.02. The second kappa shape index (κ2) is 7.85. The molecule has 142 valence electrons. The third-order valence-electron chi connectivity index (χ3n) is 6.02. The molecule has 0 saturated heterocycles. The molecule has 5 rings (SSSR count). The molecule has 1 aromatic heterocycles. The van der Waals surface area contributed by atoms with E-state index in [1.54, 1.807) is 12.1 Å². The molecular formula is C24H29FN2. The quantitative estimate of drug-likeness (QED) is 0.565. The Kier molecular flexibility index (Phi) is 5.31. The molecule has 3 aromatic rings. The Morgan fingerprint density at radius 1 is 1.04 bits per heavy atom. The second-order valence-electron chi connectivity index (χ2n) is 8.15. The number of nitrogens with zero attached hydrogens (tertiary/aromatic N) is 1. The van der Waals surface area contributed by atoms with Gasteiger partial charge in [0.05, 0.1) is 0 Å². The minimum atomic E-state index is -0.128. The normalized spacial score (nSPS) is 17.6. The summed E-state index contributed by atoms with van der Waals surface area (Å²) in [5, 5.41) is 1.41. The highest BCUT2D eigenvalue weighted by Crippen LogP contribution is 2.33. The first-order chi connectivity index (χ1) is 13.1. The lowest BCUT2D eigenvalue weighted by molar-refractivity contribution is 0.313. The number of hydrogen-bond acceptors (Lipinski definition) is 1. The summed E-state index contributed by atoms with van der Waals surface area (Å²) >= 11 is 0. The topological polar surface area (TPSA) is 19.0 Å². The molecule has 3 heteroatoms. The Hall–Kier alpha value is -2.13. The van der Waals surface area contributed by atoms with Gasteiger partial charge in [-0.3, -0.25) is 0 Å². The monoisotopic (exact) mass is 364 g/mol. The van der Waals surface area contributed by atoms with Crippen LogP contribution in [-0.4, -0.2) is 23.5 Å². The van der Waals surface area contributed by atoms with E-state index in [9.17, 15) is 4.39 Å². The molecule has 1 saturated carbocycles. The van der Waals surface area contributed by atoms with Crippen LogP contribution in [0.2, 0.25) is 0 Å². The average Bonchev–Trinajstić information content (AvgIpc) is 3.31. The number of aromatic amines is 1. The minimum Gasteiger partial charge on any atom is -0.358 e. The number of aromatic nitrogens is 1. The summed E-state index contributed by atoms with van der Waals surface area (Å²) in [6, 6.07) is 13.6. The number of rotatable bonds is 1. The van der Waals surface area contributed by atoms with Crippen molar-refractivity contribution in [2.75, 3.05) is 13.6 Å². The van der Waals surface area contributed by atoms with Gasteiger partial charge in [-0.2, -0.15) is 0 Å². The number of halogens is 1. The molecule has 1 N–H and O–H groups in total. The zero-order chi connectivity index (χ0) is 18.8. The number of likely N-dealkylation sites (N-methyl/N-ethyl adjacent to an activating group) is 1. The van der Waals surface area contributed by atoms with Crippen molar-refractivity contribution in [1.29, 1.82) is 0 Å². The Labute approximate surface area is 161 Å². The van der Waals surface area contributed by atoms with Crippen LogP contribution in [0.15, 0.2) is 42.5 Å². The van der Waals surface area contributed by atoms with Crippen molar-refractivity contribution in [3.05, 3.63) is 70.7 Å². The van der Waals surface area contributed by atoms with Crippen molar-refractivity contribution in [3.63, 3.8) is 0 Å². The van der Waals surface area contributed by atoms with Crippen LogP contribution >= 0.6 is 0 Å². The van der Waals surface area contributed by atoms with Crippen LogP contribution in [0.4, 0.5) is 4.39 Å². The summed E-state index contributed by atoms with van der Waals surface area (Å²) in [7, 11) is 2.19. The summed E-state index contributed by atoms with van der Waals surface area (Å²) in [5.41, 5.74) is 6.89. The predicted molar refractivity (Wildman–Crippen MR) is 111 cm³/mol. The summed E-state index contributed by atoms with van der Waals surface area (Å²) in [6.07, 6.45) is 6.39. The molecule has 0 amide bonds. The summed E-state index contributed by atoms with van der Waals surface area (Å²) in [6.45, 7) is 4.41. The highest BCUT2D eigenvalue weighted by Gasteiger charge is 2.18. The zero-order valence-corrected chi connectivity index (χ0v) is 16.4. The van der Waals surface area contributed by atoms with E-state index in [0.29, 0.717) is 5.92 Å². The van der Waals surface area contributed by atoms with Crippen LogP contribution in [-0.2, 0) is 13.0 Å². The molecule has 1 aliphatic carbocycles. The van der Waals surface area contributed by atoms with Gasteiger partial charge >= 0.3 is 0 Å². The number of benzene rings is 2. The highest BCUT2D eigenvalue weighted by molar-refractivity contribution is 5.85. The molecule has 2 aliphatic rings. The van der Waals surface area contributed by atoms with Gasteiger partial charge < -0.3 is 9.88 Å². The maximum Gasteiger partial charge on any atom is 0.123 e. The standard InChI is InChI=1S/C13H16N2.C11H13F/c1-9-3-4-12-10(7-9)11-8-15(2)6-5-13(11)14-12;12-11-7-5-10(6-8-11)9-3-1-2-4-9/h3-4,7,14H,5-6,8H2,1-2H3;5-9H,1-4H2. The van der Waals surface area contributed by atoms with E-state index in [1.807, 2.05) is 12.1 Å². The van der Waals surface area contributed by atoms with Crippen molar-refractivity contribution in [2.45, 2.75) is 51.5 Å². The lowest BCUT2D eigenvalue weighted by atomic mass is 9.98. The molecule has 1 fully saturated rings. The van der Waals surface area contributed by atoms with Crippen molar-refractivity contribution in [3.8, 4) is 0 Å². The van der Waals surface area contributed by atoms with E-state index in [2.05, 4.69) is 42.1 Å². The number of aryl methyl sites for hydroxylation is 1. The smallest absolute Gasteiger partial charge is 0.123 e. The van der Waals surface area contributed by atoms with Gasteiger partial charge in [0.25, 0.3) is 0 Å². The van der Waals surface area contributed by atoms with Crippen LogP contribution in [0.5, 0.6) is 0 Å². The molecule has 2 heterocycles. The van der Waals surface area contributed by atoms with Gasteiger partial charge in [0.2, 0.25) is 0 Å². The van der Waals surface area contributed by atoms with E-state index >= 15 is 0 Å². The van der Waals surface area contributed by atoms with E-state index in [4.69, 9.17) is 0 Å². The lowest BCUT2D eigenvalue weighted by Gasteiger charge is -2.22. The van der Waals surface area contributed by atoms with Gasteiger partial charge in [0.15, 0.2) is 0 Å². The predicted octanol–water partition coefficient (Wildman–Crippen LogP) is 5.95. The fourth-order valence-corrected chi connectivity index (χ4v) is 4.46. The van der Waals surface area contributed by atoms with E-state index in [-0.39, 0.29) is 5.82 Å². The number of H-pyrrole nitrogens is 1. The van der Waals surface area contributed by atoms with Crippen molar-refractivity contribution in [1.82, 2.24) is 9.88 Å². The largest absolute Gasteiger partial charge is 0.358 e. The molecule has 0 bridgehead atoms. The molecule has 0 unspecified atom stereocenters. The molecular weight excluding hydrogens is 335 g/mol. The Morgan fingerprint density at radius 3 is 2.52 bits per heavy atom. The molecule has 2 nitrogen and oxygen atoms in total. The Balaban J connectivity index is 0.000000137. The fourth-order valence-electron chi connectivity index (χ4n) is 4.46. The van der Waals surface area contributed by atoms with Gasteiger partial charge in [-0.05, 0) is 68.1 Å². The van der Waals surface area contributed by atoms with Gasteiger partial charge in [0, 0.05) is 36.1 Å². The third kappa shape index (κ3) is 4.08. The van der Waals surface area contributed by atoms with Gasteiger partial charge in [-0.15, -0.1) is 0 Å². The SMILES string of the molecule is Cc1ccc2[nH]c3c(c2c1)CN(C)CC3.Fc1ccc(C2CCCC2)cc1. The average molecular weight is 365 g/mol. The zero-order valence-electron chi connectivity index (χ0n) is 16.4. The van der Waals surface area contributed by atoms with Crippen LogP contribution in [0.3, 0.4) is 0 Å². The first kappa shape index (κ1) is 18.2. The van der Waals surface area contributed by atoms with Crippen LogP contribution in [0.25, 0.3) is 10.9 Å². The Bertz CT molecular complexity index is 904. The first-order valence-electron chi connectivity index (χ1n) is 10.1. The lowest BCUT2D eigenvalue weighted by Crippen LogP contribution is -2.25. The molecule has 27 heavy (non-hydrogen) atoms. The number of nitrogens with one attached hydrogen (secondary N) is 1. The Morgan fingerprint density at radius 2 is 1.78 bits per heavy atom. The van der Waals surface area contributed by atoms with Crippen LogP contribution in [0, 0.1) is 12.7 Å². The minimum absolute atomic E-state index is 0.128. The van der Waals surface area contributed by atoms with Gasteiger partial charge in [-0.1, -0.05) is 36.6 Å².